The van der Waals surface area contributed by atoms with Crippen molar-refractivity contribution in [2.45, 2.75) is 13.5 Å². The standard InChI is InChI=1S/C12H13ClN4O2/c1-7-3-9(16-19-7)6-17(2)12(18)10-4-8(14)5-15-11(10)13/h3-5H,6,14H2,1-2H3. The summed E-state index contributed by atoms with van der Waals surface area (Å²) < 4.78 is 4.95. The SMILES string of the molecule is Cc1cc(CN(C)C(=O)c2cc(N)cnc2Cl)no1. The maximum atomic E-state index is 12.2. The van der Waals surface area contributed by atoms with E-state index in [2.05, 4.69) is 10.1 Å². The van der Waals surface area contributed by atoms with Gasteiger partial charge in [0.1, 0.15) is 16.6 Å². The fourth-order valence-electron chi connectivity index (χ4n) is 1.63. The minimum atomic E-state index is -0.273. The second kappa shape index (κ2) is 5.27. The molecule has 7 heteroatoms. The lowest BCUT2D eigenvalue weighted by atomic mass is 10.2. The van der Waals surface area contributed by atoms with Crippen LogP contribution in [0.5, 0.6) is 0 Å². The van der Waals surface area contributed by atoms with E-state index < -0.39 is 0 Å². The summed E-state index contributed by atoms with van der Waals surface area (Å²) in [5.41, 5.74) is 6.93. The van der Waals surface area contributed by atoms with Gasteiger partial charge in [-0.25, -0.2) is 4.98 Å². The Morgan fingerprint density at radius 3 is 2.89 bits per heavy atom. The maximum Gasteiger partial charge on any atom is 0.257 e. The fourth-order valence-corrected chi connectivity index (χ4v) is 1.81. The zero-order valence-electron chi connectivity index (χ0n) is 10.6. The molecule has 0 saturated heterocycles. The summed E-state index contributed by atoms with van der Waals surface area (Å²) >= 11 is 5.89. The molecular formula is C12H13ClN4O2. The Morgan fingerprint density at radius 1 is 1.53 bits per heavy atom. The van der Waals surface area contributed by atoms with Gasteiger partial charge in [-0.15, -0.1) is 0 Å². The lowest BCUT2D eigenvalue weighted by Crippen LogP contribution is -2.26. The Bertz CT molecular complexity index is 612. The van der Waals surface area contributed by atoms with Crippen LogP contribution < -0.4 is 5.73 Å². The van der Waals surface area contributed by atoms with Crippen molar-refractivity contribution in [3.8, 4) is 0 Å². The fraction of sp³-hybridized carbons (Fsp3) is 0.250. The van der Waals surface area contributed by atoms with Crippen LogP contribution in [-0.2, 0) is 6.54 Å². The number of aromatic nitrogens is 2. The molecule has 2 rings (SSSR count). The van der Waals surface area contributed by atoms with Crippen LogP contribution in [0.1, 0.15) is 21.8 Å². The number of nitrogen functional groups attached to an aromatic ring is 1. The molecule has 2 aromatic heterocycles. The van der Waals surface area contributed by atoms with Gasteiger partial charge in [-0.3, -0.25) is 4.79 Å². The quantitative estimate of drug-likeness (QED) is 0.868. The number of rotatable bonds is 3. The largest absolute Gasteiger partial charge is 0.397 e. The Kier molecular flexibility index (Phi) is 3.71. The second-order valence-corrected chi connectivity index (χ2v) is 4.56. The molecule has 2 N–H and O–H groups in total. The third kappa shape index (κ3) is 3.03. The number of hydrogen-bond acceptors (Lipinski definition) is 5. The van der Waals surface area contributed by atoms with E-state index in [-0.39, 0.29) is 16.6 Å². The summed E-state index contributed by atoms with van der Waals surface area (Å²) in [5.74, 6) is 0.421. The lowest BCUT2D eigenvalue weighted by Gasteiger charge is -2.16. The van der Waals surface area contributed by atoms with Crippen molar-refractivity contribution in [1.82, 2.24) is 15.0 Å². The molecule has 0 aliphatic rings. The summed E-state index contributed by atoms with van der Waals surface area (Å²) in [5, 5.41) is 3.96. The van der Waals surface area contributed by atoms with Crippen molar-refractivity contribution in [1.29, 1.82) is 0 Å². The van der Waals surface area contributed by atoms with Crippen molar-refractivity contribution in [3.05, 3.63) is 40.5 Å². The van der Waals surface area contributed by atoms with Crippen LogP contribution in [0, 0.1) is 6.92 Å². The first kappa shape index (κ1) is 13.4. The van der Waals surface area contributed by atoms with Gasteiger partial charge in [0.2, 0.25) is 0 Å². The molecule has 6 nitrogen and oxygen atoms in total. The Hall–Kier alpha value is -2.08. The first-order valence-electron chi connectivity index (χ1n) is 5.56. The zero-order chi connectivity index (χ0) is 14.0. The topological polar surface area (TPSA) is 85.2 Å². The average Bonchev–Trinajstić information content (AvgIpc) is 2.77. The smallest absolute Gasteiger partial charge is 0.257 e. The highest BCUT2D eigenvalue weighted by Gasteiger charge is 2.17. The molecule has 0 aliphatic carbocycles. The van der Waals surface area contributed by atoms with E-state index in [1.54, 1.807) is 20.0 Å². The number of amides is 1. The van der Waals surface area contributed by atoms with Gasteiger partial charge >= 0.3 is 0 Å². The van der Waals surface area contributed by atoms with E-state index >= 15 is 0 Å². The molecule has 2 heterocycles. The van der Waals surface area contributed by atoms with Crippen molar-refractivity contribution in [3.63, 3.8) is 0 Å². The molecule has 0 spiro atoms. The van der Waals surface area contributed by atoms with E-state index in [1.165, 1.54) is 17.2 Å². The number of carbonyl (C=O) groups is 1. The zero-order valence-corrected chi connectivity index (χ0v) is 11.3. The van der Waals surface area contributed by atoms with E-state index in [0.717, 1.165) is 0 Å². The normalized spacial score (nSPS) is 10.5. The molecule has 0 aromatic carbocycles. The molecule has 0 unspecified atom stereocenters. The summed E-state index contributed by atoms with van der Waals surface area (Å²) in [6, 6.07) is 3.27. The predicted octanol–water partition coefficient (Wildman–Crippen LogP) is 1.89. The highest BCUT2D eigenvalue weighted by molar-refractivity contribution is 6.32. The van der Waals surface area contributed by atoms with E-state index in [0.29, 0.717) is 23.7 Å². The highest BCUT2D eigenvalue weighted by atomic mass is 35.5. The minimum Gasteiger partial charge on any atom is -0.397 e. The molecule has 0 atom stereocenters. The number of pyridine rings is 1. The van der Waals surface area contributed by atoms with Gasteiger partial charge < -0.3 is 15.2 Å². The summed E-state index contributed by atoms with van der Waals surface area (Å²) in [6.07, 6.45) is 1.40. The van der Waals surface area contributed by atoms with Gasteiger partial charge in [0.25, 0.3) is 5.91 Å². The van der Waals surface area contributed by atoms with Crippen LogP contribution in [0.3, 0.4) is 0 Å². The van der Waals surface area contributed by atoms with Crippen LogP contribution in [0.15, 0.2) is 22.9 Å². The lowest BCUT2D eigenvalue weighted by molar-refractivity contribution is 0.0782. The van der Waals surface area contributed by atoms with Crippen molar-refractivity contribution < 1.29 is 9.32 Å². The third-order valence-electron chi connectivity index (χ3n) is 2.51. The summed E-state index contributed by atoms with van der Waals surface area (Å²) in [4.78, 5) is 17.5. The number of carbonyl (C=O) groups excluding carboxylic acids is 1. The van der Waals surface area contributed by atoms with Gasteiger partial charge in [0.05, 0.1) is 24.0 Å². The molecular weight excluding hydrogens is 268 g/mol. The molecule has 19 heavy (non-hydrogen) atoms. The van der Waals surface area contributed by atoms with E-state index in [9.17, 15) is 4.79 Å². The van der Waals surface area contributed by atoms with Crippen molar-refractivity contribution in [2.24, 2.45) is 0 Å². The first-order chi connectivity index (χ1) is 8.97. The van der Waals surface area contributed by atoms with Crippen LogP contribution in [-0.4, -0.2) is 28.0 Å². The molecule has 1 amide bonds. The average molecular weight is 281 g/mol. The van der Waals surface area contributed by atoms with Gasteiger partial charge in [0, 0.05) is 13.1 Å². The molecule has 0 aliphatic heterocycles. The van der Waals surface area contributed by atoms with Crippen LogP contribution in [0.2, 0.25) is 5.15 Å². The molecule has 0 saturated carbocycles. The number of nitrogens with zero attached hydrogens (tertiary/aromatic N) is 3. The molecule has 2 aromatic rings. The number of anilines is 1. The molecule has 0 bridgehead atoms. The van der Waals surface area contributed by atoms with Gasteiger partial charge in [-0.1, -0.05) is 16.8 Å². The third-order valence-corrected chi connectivity index (χ3v) is 2.81. The summed E-state index contributed by atoms with van der Waals surface area (Å²) in [7, 11) is 1.64. The van der Waals surface area contributed by atoms with Gasteiger partial charge in [0.15, 0.2) is 0 Å². The van der Waals surface area contributed by atoms with Crippen LogP contribution in [0.4, 0.5) is 5.69 Å². The molecule has 0 radical (unpaired) electrons. The van der Waals surface area contributed by atoms with Crippen molar-refractivity contribution >= 4 is 23.2 Å². The number of aryl methyl sites for hydroxylation is 1. The van der Waals surface area contributed by atoms with Crippen LogP contribution >= 0.6 is 11.6 Å². The maximum absolute atomic E-state index is 12.2. The number of hydrogen-bond donors (Lipinski definition) is 1. The van der Waals surface area contributed by atoms with Crippen molar-refractivity contribution in [2.75, 3.05) is 12.8 Å². The predicted molar refractivity (Wildman–Crippen MR) is 70.7 cm³/mol. The minimum absolute atomic E-state index is 0.127. The Morgan fingerprint density at radius 2 is 2.26 bits per heavy atom. The molecule has 100 valence electrons. The second-order valence-electron chi connectivity index (χ2n) is 4.20. The van der Waals surface area contributed by atoms with Gasteiger partial charge in [-0.05, 0) is 13.0 Å². The number of halogens is 1. The monoisotopic (exact) mass is 280 g/mol. The van der Waals surface area contributed by atoms with E-state index in [1.807, 2.05) is 0 Å². The first-order valence-corrected chi connectivity index (χ1v) is 5.94. The molecule has 0 fully saturated rings. The Balaban J connectivity index is 2.16. The van der Waals surface area contributed by atoms with Gasteiger partial charge in [-0.2, -0.15) is 0 Å². The van der Waals surface area contributed by atoms with E-state index in [4.69, 9.17) is 21.9 Å². The summed E-state index contributed by atoms with van der Waals surface area (Å²) in [6.45, 7) is 2.11. The van der Waals surface area contributed by atoms with Crippen LogP contribution in [0.25, 0.3) is 0 Å². The Labute approximate surface area is 115 Å². The highest BCUT2D eigenvalue weighted by Crippen LogP contribution is 2.18. The number of nitrogens with two attached hydrogens (primary N) is 1.